The highest BCUT2D eigenvalue weighted by Crippen LogP contribution is 2.26. The molecule has 3 nitrogen and oxygen atoms in total. The minimum absolute atomic E-state index is 0.453. The zero-order chi connectivity index (χ0) is 13.0. The summed E-state index contributed by atoms with van der Waals surface area (Å²) in [6.45, 7) is 0.482. The van der Waals surface area contributed by atoms with E-state index in [4.69, 9.17) is 10.5 Å². The van der Waals surface area contributed by atoms with Gasteiger partial charge in [0.1, 0.15) is 12.4 Å². The van der Waals surface area contributed by atoms with Gasteiger partial charge in [0, 0.05) is 5.56 Å². The molecule has 2 rings (SSSR count). The predicted molar refractivity (Wildman–Crippen MR) is 73.4 cm³/mol. The lowest BCUT2D eigenvalue weighted by Crippen LogP contribution is -2.10. The zero-order valence-electron chi connectivity index (χ0n) is 9.60. The van der Waals surface area contributed by atoms with Gasteiger partial charge in [0.05, 0.1) is 4.47 Å². The van der Waals surface area contributed by atoms with E-state index in [1.807, 2.05) is 30.3 Å². The molecule has 0 unspecified atom stereocenters. The van der Waals surface area contributed by atoms with Crippen molar-refractivity contribution in [2.75, 3.05) is 0 Å². The summed E-state index contributed by atoms with van der Waals surface area (Å²) in [5.41, 5.74) is 6.74. The lowest BCUT2D eigenvalue weighted by Gasteiger charge is -2.09. The van der Waals surface area contributed by atoms with Crippen LogP contribution in [0.5, 0.6) is 5.75 Å². The average molecular weight is 306 g/mol. The molecule has 0 saturated carbocycles. The second-order valence-corrected chi connectivity index (χ2v) is 4.64. The minimum atomic E-state index is -0.453. The molecular formula is C14H12BrNO2. The van der Waals surface area contributed by atoms with Crippen molar-refractivity contribution in [1.29, 1.82) is 0 Å². The van der Waals surface area contributed by atoms with E-state index in [2.05, 4.69) is 15.9 Å². The Morgan fingerprint density at radius 3 is 2.50 bits per heavy atom. The predicted octanol–water partition coefficient (Wildman–Crippen LogP) is 3.13. The first-order chi connectivity index (χ1) is 8.66. The fourth-order valence-corrected chi connectivity index (χ4v) is 2.00. The standard InChI is InChI=1S/C14H12BrNO2/c15-12-8-11(14(16)17)6-7-13(12)18-9-10-4-2-1-3-5-10/h1-8H,9H2,(H2,16,17). The highest BCUT2D eigenvalue weighted by atomic mass is 79.9. The van der Waals surface area contributed by atoms with Gasteiger partial charge in [-0.15, -0.1) is 0 Å². The number of hydrogen-bond acceptors (Lipinski definition) is 2. The van der Waals surface area contributed by atoms with Crippen molar-refractivity contribution >= 4 is 21.8 Å². The van der Waals surface area contributed by atoms with Crippen molar-refractivity contribution in [3.63, 3.8) is 0 Å². The third-order valence-electron chi connectivity index (χ3n) is 2.45. The first-order valence-electron chi connectivity index (χ1n) is 5.43. The van der Waals surface area contributed by atoms with Gasteiger partial charge in [0.25, 0.3) is 0 Å². The summed E-state index contributed by atoms with van der Waals surface area (Å²) in [5.74, 6) is 0.231. The van der Waals surface area contributed by atoms with Crippen LogP contribution < -0.4 is 10.5 Å². The van der Waals surface area contributed by atoms with Crippen molar-refractivity contribution in [3.8, 4) is 5.75 Å². The molecule has 1 amide bonds. The molecule has 0 aliphatic carbocycles. The molecule has 0 atom stereocenters. The quantitative estimate of drug-likeness (QED) is 0.943. The summed E-state index contributed by atoms with van der Waals surface area (Å²) in [4.78, 5) is 11.0. The molecular weight excluding hydrogens is 294 g/mol. The molecule has 0 saturated heterocycles. The summed E-state index contributed by atoms with van der Waals surface area (Å²) in [7, 11) is 0. The SMILES string of the molecule is NC(=O)c1ccc(OCc2ccccc2)c(Br)c1. The Balaban J connectivity index is 2.08. The first kappa shape index (κ1) is 12.6. The Labute approximate surface area is 114 Å². The molecule has 0 aliphatic heterocycles. The monoisotopic (exact) mass is 305 g/mol. The molecule has 0 aliphatic rings. The second kappa shape index (κ2) is 5.69. The Morgan fingerprint density at radius 2 is 1.89 bits per heavy atom. The van der Waals surface area contributed by atoms with Crippen molar-refractivity contribution in [2.24, 2.45) is 5.73 Å². The topological polar surface area (TPSA) is 52.3 Å². The van der Waals surface area contributed by atoms with Gasteiger partial charge in [0.15, 0.2) is 0 Å². The molecule has 2 N–H and O–H groups in total. The van der Waals surface area contributed by atoms with Gasteiger partial charge in [-0.25, -0.2) is 0 Å². The minimum Gasteiger partial charge on any atom is -0.488 e. The van der Waals surface area contributed by atoms with Gasteiger partial charge in [-0.2, -0.15) is 0 Å². The van der Waals surface area contributed by atoms with Gasteiger partial charge in [-0.3, -0.25) is 4.79 Å². The van der Waals surface area contributed by atoms with E-state index in [1.54, 1.807) is 18.2 Å². The van der Waals surface area contributed by atoms with E-state index in [-0.39, 0.29) is 0 Å². The second-order valence-electron chi connectivity index (χ2n) is 3.78. The lowest BCUT2D eigenvalue weighted by molar-refractivity contribution is 0.1000. The van der Waals surface area contributed by atoms with E-state index in [1.165, 1.54) is 0 Å². The third-order valence-corrected chi connectivity index (χ3v) is 3.07. The van der Waals surface area contributed by atoms with E-state index in [0.717, 1.165) is 10.0 Å². The van der Waals surface area contributed by atoms with E-state index in [0.29, 0.717) is 17.9 Å². The summed E-state index contributed by atoms with van der Waals surface area (Å²) < 4.78 is 6.38. The fraction of sp³-hybridized carbons (Fsp3) is 0.0714. The number of benzene rings is 2. The highest BCUT2D eigenvalue weighted by Gasteiger charge is 2.06. The summed E-state index contributed by atoms with van der Waals surface area (Å²) >= 11 is 3.36. The van der Waals surface area contributed by atoms with Crippen LogP contribution in [0.15, 0.2) is 53.0 Å². The van der Waals surface area contributed by atoms with Gasteiger partial charge < -0.3 is 10.5 Å². The molecule has 0 bridgehead atoms. The number of rotatable bonds is 4. The average Bonchev–Trinajstić information content (AvgIpc) is 2.38. The number of carbonyl (C=O) groups excluding carboxylic acids is 1. The zero-order valence-corrected chi connectivity index (χ0v) is 11.2. The van der Waals surface area contributed by atoms with Crippen LogP contribution in [-0.4, -0.2) is 5.91 Å². The van der Waals surface area contributed by atoms with Crippen LogP contribution >= 0.6 is 15.9 Å². The Bertz CT molecular complexity index is 555. The number of primary amides is 1. The van der Waals surface area contributed by atoms with Crippen LogP contribution in [0.3, 0.4) is 0 Å². The van der Waals surface area contributed by atoms with Crippen LogP contribution in [0.2, 0.25) is 0 Å². The van der Waals surface area contributed by atoms with Crippen molar-refractivity contribution < 1.29 is 9.53 Å². The third kappa shape index (κ3) is 3.11. The smallest absolute Gasteiger partial charge is 0.248 e. The summed E-state index contributed by atoms with van der Waals surface area (Å²) in [5, 5.41) is 0. The van der Waals surface area contributed by atoms with Crippen LogP contribution in [-0.2, 0) is 6.61 Å². The molecule has 92 valence electrons. The largest absolute Gasteiger partial charge is 0.488 e. The van der Waals surface area contributed by atoms with Crippen LogP contribution in [0.4, 0.5) is 0 Å². The molecule has 0 spiro atoms. The number of ether oxygens (including phenoxy) is 1. The molecule has 2 aromatic rings. The molecule has 2 aromatic carbocycles. The molecule has 0 heterocycles. The number of carbonyl (C=O) groups is 1. The van der Waals surface area contributed by atoms with Gasteiger partial charge in [-0.1, -0.05) is 30.3 Å². The lowest BCUT2D eigenvalue weighted by atomic mass is 10.2. The van der Waals surface area contributed by atoms with Crippen molar-refractivity contribution in [1.82, 2.24) is 0 Å². The van der Waals surface area contributed by atoms with Crippen LogP contribution in [0.25, 0.3) is 0 Å². The van der Waals surface area contributed by atoms with Gasteiger partial charge in [-0.05, 0) is 39.7 Å². The normalized spacial score (nSPS) is 10.1. The van der Waals surface area contributed by atoms with Crippen molar-refractivity contribution in [3.05, 3.63) is 64.1 Å². The first-order valence-corrected chi connectivity index (χ1v) is 6.22. The van der Waals surface area contributed by atoms with Gasteiger partial charge in [0.2, 0.25) is 5.91 Å². The Kier molecular flexibility index (Phi) is 3.99. The Morgan fingerprint density at radius 1 is 1.17 bits per heavy atom. The fourth-order valence-electron chi connectivity index (χ4n) is 1.51. The molecule has 0 aromatic heterocycles. The highest BCUT2D eigenvalue weighted by molar-refractivity contribution is 9.10. The van der Waals surface area contributed by atoms with Gasteiger partial charge >= 0.3 is 0 Å². The molecule has 0 fully saturated rings. The van der Waals surface area contributed by atoms with Crippen LogP contribution in [0, 0.1) is 0 Å². The number of nitrogens with two attached hydrogens (primary N) is 1. The molecule has 0 radical (unpaired) electrons. The molecule has 4 heteroatoms. The number of amides is 1. The summed E-state index contributed by atoms with van der Waals surface area (Å²) in [6, 6.07) is 14.9. The number of hydrogen-bond donors (Lipinski definition) is 1. The number of halogens is 1. The molecule has 18 heavy (non-hydrogen) atoms. The van der Waals surface area contributed by atoms with E-state index < -0.39 is 5.91 Å². The maximum atomic E-state index is 11.0. The van der Waals surface area contributed by atoms with E-state index in [9.17, 15) is 4.79 Å². The van der Waals surface area contributed by atoms with E-state index >= 15 is 0 Å². The van der Waals surface area contributed by atoms with Crippen LogP contribution in [0.1, 0.15) is 15.9 Å². The summed E-state index contributed by atoms with van der Waals surface area (Å²) in [6.07, 6.45) is 0. The maximum Gasteiger partial charge on any atom is 0.248 e. The Hall–Kier alpha value is -1.81. The maximum absolute atomic E-state index is 11.0. The van der Waals surface area contributed by atoms with Crippen molar-refractivity contribution in [2.45, 2.75) is 6.61 Å².